The van der Waals surface area contributed by atoms with E-state index in [1.807, 2.05) is 20.8 Å². The number of ketones is 2. The molecule has 0 radical (unpaired) electrons. The highest BCUT2D eigenvalue weighted by Crippen LogP contribution is 2.75. The number of aliphatic hydroxyl groups is 1. The molecule has 6 nitrogen and oxygen atoms in total. The Morgan fingerprint density at radius 3 is 2.26 bits per heavy atom. The fraction of sp³-hybridized carbons (Fsp3) is 0.812. The minimum Gasteiger partial charge on any atom is -0.469 e. The number of alkyl halides is 1. The van der Waals surface area contributed by atoms with Gasteiger partial charge in [-0.15, -0.1) is 0 Å². The summed E-state index contributed by atoms with van der Waals surface area (Å²) < 4.78 is 3.65. The van der Waals surface area contributed by atoms with Gasteiger partial charge in [0.05, 0.1) is 24.7 Å². The first-order valence-electron chi connectivity index (χ1n) is 14.5. The molecule has 39 heavy (non-hydrogen) atoms. The first-order valence-corrected chi connectivity index (χ1v) is 15.3. The van der Waals surface area contributed by atoms with Crippen LogP contribution in [0, 0.1) is 61.6 Å². The molecule has 1 N–H and O–H groups in total. The van der Waals surface area contributed by atoms with Crippen LogP contribution >= 0.6 is 15.9 Å². The molecular weight excluding hydrogens is 558 g/mol. The molecule has 9 atom stereocenters. The van der Waals surface area contributed by atoms with Gasteiger partial charge in [-0.3, -0.25) is 14.4 Å². The van der Waals surface area contributed by atoms with Crippen molar-refractivity contribution in [1.29, 1.82) is 5.26 Å². The SMILES string of the molecule is COC(=O)[C@]12CCC(C)(C)CC1C1C(=O)C=C3[C@@]4(C)C(O)C(Br)(C#N)C(=O)C(C)(C)[C@@H]4CC[C@@]3(C)[C@]1(C)CC2. The number of Topliss-reactive ketones (excluding diaryl/α,β-unsaturated/α-hetero) is 1. The summed E-state index contributed by atoms with van der Waals surface area (Å²) in [6.45, 7) is 14.7. The van der Waals surface area contributed by atoms with Crippen LogP contribution in [0.4, 0.5) is 0 Å². The molecule has 0 amide bonds. The van der Waals surface area contributed by atoms with Gasteiger partial charge in [-0.25, -0.2) is 0 Å². The van der Waals surface area contributed by atoms with Crippen molar-refractivity contribution in [2.24, 2.45) is 50.2 Å². The molecule has 0 aliphatic heterocycles. The molecule has 0 bridgehead atoms. The van der Waals surface area contributed by atoms with Crippen LogP contribution in [0.2, 0.25) is 0 Å². The maximum atomic E-state index is 14.5. The van der Waals surface area contributed by atoms with Crippen molar-refractivity contribution in [3.05, 3.63) is 11.6 Å². The van der Waals surface area contributed by atoms with E-state index < -0.39 is 37.5 Å². The number of esters is 1. The Labute approximate surface area is 241 Å². The number of fused-ring (bicyclic) bond motifs is 7. The van der Waals surface area contributed by atoms with Crippen molar-refractivity contribution in [3.63, 3.8) is 0 Å². The van der Waals surface area contributed by atoms with E-state index in [1.165, 1.54) is 7.11 Å². The van der Waals surface area contributed by atoms with Gasteiger partial charge in [0.2, 0.25) is 0 Å². The maximum Gasteiger partial charge on any atom is 0.312 e. The van der Waals surface area contributed by atoms with Gasteiger partial charge in [-0.2, -0.15) is 5.26 Å². The minimum atomic E-state index is -1.75. The summed E-state index contributed by atoms with van der Waals surface area (Å²) in [5.74, 6) is -1.14. The van der Waals surface area contributed by atoms with Crippen LogP contribution in [-0.4, -0.2) is 40.2 Å². The molecule has 5 aliphatic carbocycles. The van der Waals surface area contributed by atoms with Crippen molar-refractivity contribution in [2.45, 2.75) is 104 Å². The average molecular weight is 603 g/mol. The summed E-state index contributed by atoms with van der Waals surface area (Å²) in [6, 6.07) is 2.10. The highest BCUT2D eigenvalue weighted by Gasteiger charge is 2.75. The van der Waals surface area contributed by atoms with Crippen molar-refractivity contribution < 1.29 is 24.2 Å². The van der Waals surface area contributed by atoms with Gasteiger partial charge in [0.15, 0.2) is 15.9 Å². The Bertz CT molecular complexity index is 1230. The van der Waals surface area contributed by atoms with Crippen molar-refractivity contribution in [3.8, 4) is 6.07 Å². The number of carbonyl (C=O) groups is 3. The van der Waals surface area contributed by atoms with Gasteiger partial charge in [-0.05, 0) is 79.1 Å². The summed E-state index contributed by atoms with van der Waals surface area (Å²) >= 11 is 3.39. The second kappa shape index (κ2) is 8.28. The molecule has 214 valence electrons. The van der Waals surface area contributed by atoms with E-state index in [9.17, 15) is 24.8 Å². The lowest BCUT2D eigenvalue weighted by atomic mass is 9.33. The number of carbonyl (C=O) groups excluding carboxylic acids is 3. The zero-order valence-electron chi connectivity index (χ0n) is 24.7. The summed E-state index contributed by atoms with van der Waals surface area (Å²) in [7, 11) is 1.46. The summed E-state index contributed by atoms with van der Waals surface area (Å²) in [4.78, 5) is 41.5. The number of nitriles is 1. The first kappa shape index (κ1) is 29.0. The number of aliphatic hydroxyl groups excluding tert-OH is 1. The quantitative estimate of drug-likeness (QED) is 0.294. The fourth-order valence-electron chi connectivity index (χ4n) is 10.7. The molecule has 0 spiro atoms. The molecule has 4 unspecified atom stereocenters. The molecule has 5 rings (SSSR count). The lowest BCUT2D eigenvalue weighted by Crippen LogP contribution is -2.72. The Kier molecular flexibility index (Phi) is 6.15. The third-order valence-corrected chi connectivity index (χ3v) is 14.1. The van der Waals surface area contributed by atoms with E-state index in [4.69, 9.17) is 4.74 Å². The number of hydrogen-bond donors (Lipinski definition) is 1. The third kappa shape index (κ3) is 3.25. The van der Waals surface area contributed by atoms with E-state index >= 15 is 0 Å². The van der Waals surface area contributed by atoms with Crippen LogP contribution in [0.15, 0.2) is 11.6 Å². The topological polar surface area (TPSA) is 104 Å². The number of rotatable bonds is 1. The first-order chi connectivity index (χ1) is 17.8. The zero-order valence-corrected chi connectivity index (χ0v) is 26.3. The van der Waals surface area contributed by atoms with Crippen LogP contribution < -0.4 is 0 Å². The van der Waals surface area contributed by atoms with E-state index in [2.05, 4.69) is 49.7 Å². The summed E-state index contributed by atoms with van der Waals surface area (Å²) in [5, 5.41) is 22.1. The Morgan fingerprint density at radius 2 is 1.67 bits per heavy atom. The Morgan fingerprint density at radius 1 is 1.05 bits per heavy atom. The minimum absolute atomic E-state index is 0.0153. The van der Waals surface area contributed by atoms with Gasteiger partial charge in [0, 0.05) is 16.7 Å². The number of halogens is 1. The van der Waals surface area contributed by atoms with Gasteiger partial charge in [0.1, 0.15) is 0 Å². The average Bonchev–Trinajstić information content (AvgIpc) is 2.87. The number of ether oxygens (including phenoxy) is 1. The maximum absolute atomic E-state index is 14.5. The smallest absolute Gasteiger partial charge is 0.312 e. The lowest BCUT2D eigenvalue weighted by molar-refractivity contribution is -0.197. The van der Waals surface area contributed by atoms with E-state index in [1.54, 1.807) is 6.08 Å². The van der Waals surface area contributed by atoms with Crippen LogP contribution in [0.3, 0.4) is 0 Å². The second-order valence-corrected chi connectivity index (χ2v) is 16.7. The Hall–Kier alpha value is -1.52. The summed E-state index contributed by atoms with van der Waals surface area (Å²) in [5.41, 5.74) is -2.46. The predicted molar refractivity (Wildman–Crippen MR) is 150 cm³/mol. The Balaban J connectivity index is 1.72. The second-order valence-electron chi connectivity index (χ2n) is 15.5. The summed E-state index contributed by atoms with van der Waals surface area (Å²) in [6.07, 6.45) is 5.79. The molecule has 4 fully saturated rings. The standard InChI is InChI=1S/C32H44BrNO5/c1-26(2)11-13-31(25(38)39-8)14-12-29(6)22(18(31)16-26)19(35)15-21-28(29,5)10-9-20-27(3,4)23(36)32(33,17-34)24(37)30(20,21)7/h15,18,20,22,24,37H,9-14,16H2,1-8H3/t18?,20-,22?,24?,28+,29+,30-,31-,32?/m0/s1. The monoisotopic (exact) mass is 601 g/mol. The molecular formula is C32H44BrNO5. The highest BCUT2D eigenvalue weighted by molar-refractivity contribution is 9.10. The van der Waals surface area contributed by atoms with Gasteiger partial charge >= 0.3 is 5.97 Å². The number of nitrogens with zero attached hydrogens (tertiary/aromatic N) is 1. The van der Waals surface area contributed by atoms with Crippen LogP contribution in [0.5, 0.6) is 0 Å². The van der Waals surface area contributed by atoms with Crippen LogP contribution in [-0.2, 0) is 19.1 Å². The molecule has 7 heteroatoms. The van der Waals surface area contributed by atoms with Crippen molar-refractivity contribution >= 4 is 33.5 Å². The predicted octanol–water partition coefficient (Wildman–Crippen LogP) is 5.95. The molecule has 0 aromatic carbocycles. The fourth-order valence-corrected chi connectivity index (χ4v) is 11.7. The lowest BCUT2D eigenvalue weighted by Gasteiger charge is -2.70. The van der Waals surface area contributed by atoms with Crippen LogP contribution in [0.25, 0.3) is 0 Å². The van der Waals surface area contributed by atoms with E-state index in [0.29, 0.717) is 19.3 Å². The molecule has 5 aliphatic rings. The van der Waals surface area contributed by atoms with Gasteiger partial charge in [0.25, 0.3) is 0 Å². The molecule has 4 saturated carbocycles. The number of allylic oxidation sites excluding steroid dienone is 1. The van der Waals surface area contributed by atoms with Crippen molar-refractivity contribution in [1.82, 2.24) is 0 Å². The van der Waals surface area contributed by atoms with E-state index in [0.717, 1.165) is 31.3 Å². The number of methoxy groups -OCH3 is 1. The van der Waals surface area contributed by atoms with Crippen LogP contribution in [0.1, 0.15) is 93.4 Å². The van der Waals surface area contributed by atoms with Crippen molar-refractivity contribution in [2.75, 3.05) is 7.11 Å². The highest BCUT2D eigenvalue weighted by atomic mass is 79.9. The molecule has 0 aromatic heterocycles. The molecule has 0 heterocycles. The zero-order chi connectivity index (χ0) is 29.2. The van der Waals surface area contributed by atoms with Gasteiger partial charge in [-0.1, -0.05) is 70.0 Å². The molecule has 0 saturated heterocycles. The van der Waals surface area contributed by atoms with Gasteiger partial charge < -0.3 is 9.84 Å². The van der Waals surface area contributed by atoms with E-state index in [-0.39, 0.29) is 40.7 Å². The third-order valence-electron chi connectivity index (χ3n) is 13.1. The number of hydrogen-bond acceptors (Lipinski definition) is 6. The largest absolute Gasteiger partial charge is 0.469 e. The normalized spacial score (nSPS) is 49.8. The molecule has 0 aromatic rings.